The van der Waals surface area contributed by atoms with Crippen LogP contribution in [0.15, 0.2) is 30.3 Å². The number of hydrogen-bond donors (Lipinski definition) is 0. The summed E-state index contributed by atoms with van der Waals surface area (Å²) in [5.74, 6) is -0.427. The summed E-state index contributed by atoms with van der Waals surface area (Å²) in [6.07, 6.45) is 0.686. The molecule has 0 fully saturated rings. The van der Waals surface area contributed by atoms with Crippen LogP contribution < -0.4 is 0 Å². The molecule has 1 aromatic carbocycles. The van der Waals surface area contributed by atoms with E-state index in [0.717, 1.165) is 6.42 Å². The van der Waals surface area contributed by atoms with Crippen molar-refractivity contribution < 1.29 is 23.8 Å². The van der Waals surface area contributed by atoms with Gasteiger partial charge in [-0.15, -0.1) is 0 Å². The van der Waals surface area contributed by atoms with Crippen molar-refractivity contribution in [1.29, 1.82) is 0 Å². The lowest BCUT2D eigenvalue weighted by molar-refractivity contribution is -0.0446. The molecular weight excluding hydrogens is 308 g/mol. The van der Waals surface area contributed by atoms with Gasteiger partial charge in [0.15, 0.2) is 0 Å². The van der Waals surface area contributed by atoms with E-state index in [1.54, 1.807) is 31.2 Å². The van der Waals surface area contributed by atoms with Gasteiger partial charge in [-0.3, -0.25) is 0 Å². The quantitative estimate of drug-likeness (QED) is 0.617. The lowest BCUT2D eigenvalue weighted by Gasteiger charge is -2.31. The van der Waals surface area contributed by atoms with E-state index in [-0.39, 0.29) is 30.7 Å². The maximum Gasteiger partial charge on any atom is 0.508 e. The lowest BCUT2D eigenvalue weighted by Crippen LogP contribution is -2.37. The molecule has 0 aromatic heterocycles. The Kier molecular flexibility index (Phi) is 8.90. The first-order valence-electron chi connectivity index (χ1n) is 8.66. The highest BCUT2D eigenvalue weighted by Crippen LogP contribution is 2.25. The maximum absolute atomic E-state index is 12.3. The van der Waals surface area contributed by atoms with E-state index in [1.807, 2.05) is 26.8 Å². The molecule has 1 aromatic rings. The second-order valence-corrected chi connectivity index (χ2v) is 5.54. The Labute approximate surface area is 144 Å². The first-order chi connectivity index (χ1) is 11.6. The molecule has 0 aliphatic heterocycles. The molecule has 3 unspecified atom stereocenters. The summed E-state index contributed by atoms with van der Waals surface area (Å²) in [4.78, 5) is 24.0. The van der Waals surface area contributed by atoms with Gasteiger partial charge in [0.1, 0.15) is 12.2 Å². The molecule has 0 saturated heterocycles. The zero-order valence-electron chi connectivity index (χ0n) is 15.0. The summed E-state index contributed by atoms with van der Waals surface area (Å²) >= 11 is 0. The van der Waals surface area contributed by atoms with Crippen LogP contribution in [0.2, 0.25) is 0 Å². The number of carbonyl (C=O) groups is 2. The summed E-state index contributed by atoms with van der Waals surface area (Å²) < 4.78 is 16.0. The predicted octanol–water partition coefficient (Wildman–Crippen LogP) is 4.60. The first-order valence-corrected chi connectivity index (χ1v) is 8.66. The average molecular weight is 336 g/mol. The molecule has 5 nitrogen and oxygen atoms in total. The van der Waals surface area contributed by atoms with Gasteiger partial charge in [0, 0.05) is 5.92 Å². The van der Waals surface area contributed by atoms with Gasteiger partial charge in [0.05, 0.1) is 12.2 Å². The minimum atomic E-state index is -0.674. The molecule has 0 saturated carbocycles. The van der Waals surface area contributed by atoms with E-state index < -0.39 is 6.16 Å². The minimum absolute atomic E-state index is 0.0722. The van der Waals surface area contributed by atoms with E-state index >= 15 is 0 Å². The van der Waals surface area contributed by atoms with E-state index in [2.05, 4.69) is 0 Å². The Morgan fingerprint density at radius 2 is 1.46 bits per heavy atom. The molecule has 0 N–H and O–H groups in total. The SMILES string of the molecule is CCOC(=O)OC(CC)C(CC)C(CC)OC(=O)c1ccccc1. The van der Waals surface area contributed by atoms with Gasteiger partial charge in [-0.25, -0.2) is 9.59 Å². The Hall–Kier alpha value is -2.04. The predicted molar refractivity (Wildman–Crippen MR) is 91.9 cm³/mol. The normalized spacial score (nSPS) is 14.3. The van der Waals surface area contributed by atoms with Crippen molar-refractivity contribution in [3.05, 3.63) is 35.9 Å². The Bertz CT molecular complexity index is 500. The molecule has 3 atom stereocenters. The smallest absolute Gasteiger partial charge is 0.458 e. The van der Waals surface area contributed by atoms with Gasteiger partial charge < -0.3 is 14.2 Å². The highest BCUT2D eigenvalue weighted by atomic mass is 16.7. The fourth-order valence-electron chi connectivity index (χ4n) is 2.77. The van der Waals surface area contributed by atoms with Gasteiger partial charge >= 0.3 is 12.1 Å². The van der Waals surface area contributed by atoms with E-state index in [9.17, 15) is 9.59 Å². The third-order valence-corrected chi connectivity index (χ3v) is 4.01. The molecule has 0 amide bonds. The molecule has 0 spiro atoms. The van der Waals surface area contributed by atoms with Crippen LogP contribution in [0.25, 0.3) is 0 Å². The van der Waals surface area contributed by atoms with Gasteiger partial charge in [0.2, 0.25) is 0 Å². The largest absolute Gasteiger partial charge is 0.508 e. The number of benzene rings is 1. The number of carbonyl (C=O) groups excluding carboxylic acids is 2. The third kappa shape index (κ3) is 5.87. The monoisotopic (exact) mass is 336 g/mol. The van der Waals surface area contributed by atoms with Crippen LogP contribution in [0.5, 0.6) is 0 Å². The second-order valence-electron chi connectivity index (χ2n) is 5.54. The summed E-state index contributed by atoms with van der Waals surface area (Å²) in [5, 5.41) is 0. The van der Waals surface area contributed by atoms with Crippen LogP contribution in [-0.4, -0.2) is 30.9 Å². The number of hydrogen-bond acceptors (Lipinski definition) is 5. The molecule has 134 valence electrons. The minimum Gasteiger partial charge on any atom is -0.458 e. The van der Waals surface area contributed by atoms with Crippen LogP contribution in [-0.2, 0) is 14.2 Å². The Balaban J connectivity index is 2.80. The van der Waals surface area contributed by atoms with Gasteiger partial charge in [-0.1, -0.05) is 39.0 Å². The van der Waals surface area contributed by atoms with E-state index in [1.165, 1.54) is 0 Å². The van der Waals surface area contributed by atoms with Crippen LogP contribution >= 0.6 is 0 Å². The molecule has 0 aliphatic carbocycles. The van der Waals surface area contributed by atoms with Crippen molar-refractivity contribution >= 4 is 12.1 Å². The molecule has 5 heteroatoms. The van der Waals surface area contributed by atoms with Crippen molar-refractivity contribution in [3.63, 3.8) is 0 Å². The number of esters is 1. The molecule has 1 rings (SSSR count). The van der Waals surface area contributed by atoms with Crippen LogP contribution in [0, 0.1) is 5.92 Å². The summed E-state index contributed by atoms with van der Waals surface area (Å²) in [6, 6.07) is 8.90. The average Bonchev–Trinajstić information content (AvgIpc) is 2.61. The van der Waals surface area contributed by atoms with Crippen molar-refractivity contribution in [3.8, 4) is 0 Å². The summed E-state index contributed by atoms with van der Waals surface area (Å²) in [6.45, 7) is 7.91. The first kappa shape index (κ1) is 20.0. The fourth-order valence-corrected chi connectivity index (χ4v) is 2.77. The Morgan fingerprint density at radius 1 is 0.875 bits per heavy atom. The van der Waals surface area contributed by atoms with Crippen molar-refractivity contribution in [2.75, 3.05) is 6.61 Å². The molecule has 0 radical (unpaired) electrons. The van der Waals surface area contributed by atoms with Gasteiger partial charge in [0.25, 0.3) is 0 Å². The molecular formula is C19H28O5. The van der Waals surface area contributed by atoms with Crippen molar-refractivity contribution in [2.24, 2.45) is 5.92 Å². The standard InChI is InChI=1S/C19H28O5/c1-5-15(17(7-3)24-19(21)22-8-4)16(6-2)23-18(20)14-12-10-9-11-13-14/h9-13,15-17H,5-8H2,1-4H3. The molecule has 0 aliphatic rings. The zero-order valence-corrected chi connectivity index (χ0v) is 15.0. The van der Waals surface area contributed by atoms with Crippen LogP contribution in [0.4, 0.5) is 4.79 Å². The lowest BCUT2D eigenvalue weighted by atomic mass is 9.90. The van der Waals surface area contributed by atoms with Crippen LogP contribution in [0.3, 0.4) is 0 Å². The van der Waals surface area contributed by atoms with Crippen LogP contribution in [0.1, 0.15) is 57.3 Å². The summed E-state index contributed by atoms with van der Waals surface area (Å²) in [7, 11) is 0. The maximum atomic E-state index is 12.3. The zero-order chi connectivity index (χ0) is 17.9. The molecule has 24 heavy (non-hydrogen) atoms. The molecule has 0 bridgehead atoms. The third-order valence-electron chi connectivity index (χ3n) is 4.01. The highest BCUT2D eigenvalue weighted by molar-refractivity contribution is 5.89. The number of ether oxygens (including phenoxy) is 3. The topological polar surface area (TPSA) is 61.8 Å². The van der Waals surface area contributed by atoms with Gasteiger partial charge in [-0.05, 0) is 38.3 Å². The van der Waals surface area contributed by atoms with Gasteiger partial charge in [-0.2, -0.15) is 0 Å². The number of rotatable bonds is 9. The van der Waals surface area contributed by atoms with E-state index in [4.69, 9.17) is 14.2 Å². The van der Waals surface area contributed by atoms with Crippen molar-refractivity contribution in [1.82, 2.24) is 0 Å². The highest BCUT2D eigenvalue weighted by Gasteiger charge is 2.32. The summed E-state index contributed by atoms with van der Waals surface area (Å²) in [5.41, 5.74) is 0.519. The molecule has 0 heterocycles. The van der Waals surface area contributed by atoms with Crippen molar-refractivity contribution in [2.45, 2.75) is 59.2 Å². The fraction of sp³-hybridized carbons (Fsp3) is 0.579. The Morgan fingerprint density at radius 3 is 1.96 bits per heavy atom. The van der Waals surface area contributed by atoms with E-state index in [0.29, 0.717) is 18.4 Å². The second kappa shape index (κ2) is 10.7.